The molecule has 208 valence electrons. The van der Waals surface area contributed by atoms with Crippen LogP contribution in [0.5, 0.6) is 0 Å². The minimum atomic E-state index is 1.17. The summed E-state index contributed by atoms with van der Waals surface area (Å²) in [7, 11) is 0. The predicted molar refractivity (Wildman–Crippen MR) is 194 cm³/mol. The number of nitrogens with zero attached hydrogens (tertiary/aromatic N) is 1. The van der Waals surface area contributed by atoms with Crippen LogP contribution in [0.2, 0.25) is 0 Å². The van der Waals surface area contributed by atoms with Gasteiger partial charge in [0.2, 0.25) is 0 Å². The molecule has 9 aromatic carbocycles. The molecular weight excluding hydrogens is 542 g/mol. The number of hydrogen-bond donors (Lipinski definition) is 0. The van der Waals surface area contributed by atoms with Crippen molar-refractivity contribution in [3.63, 3.8) is 0 Å². The van der Waals surface area contributed by atoms with Crippen molar-refractivity contribution < 1.29 is 0 Å². The first-order valence-corrected chi connectivity index (χ1v) is 15.6. The molecule has 1 heteroatoms. The first-order chi connectivity index (χ1) is 22.4. The lowest BCUT2D eigenvalue weighted by atomic mass is 9.86. The van der Waals surface area contributed by atoms with Crippen molar-refractivity contribution in [2.24, 2.45) is 0 Å². The summed E-state index contributed by atoms with van der Waals surface area (Å²) < 4.78 is 2.43. The van der Waals surface area contributed by atoms with Crippen LogP contribution in [0.1, 0.15) is 0 Å². The fourth-order valence-electron chi connectivity index (χ4n) is 7.89. The molecule has 1 heterocycles. The Bertz CT molecular complexity index is 2800. The van der Waals surface area contributed by atoms with Crippen LogP contribution in [0.4, 0.5) is 0 Å². The van der Waals surface area contributed by atoms with E-state index in [0.29, 0.717) is 0 Å². The van der Waals surface area contributed by atoms with Crippen LogP contribution in [0, 0.1) is 0 Å². The summed E-state index contributed by atoms with van der Waals surface area (Å²) >= 11 is 0. The van der Waals surface area contributed by atoms with E-state index < -0.39 is 0 Å². The van der Waals surface area contributed by atoms with E-state index >= 15 is 0 Å². The van der Waals surface area contributed by atoms with E-state index in [-0.39, 0.29) is 0 Å². The molecular formula is C44H27N. The Balaban J connectivity index is 1.37. The second-order valence-electron chi connectivity index (χ2n) is 12.0. The maximum Gasteiger partial charge on any atom is 0.0619 e. The van der Waals surface area contributed by atoms with Crippen LogP contribution < -0.4 is 0 Å². The zero-order valence-corrected chi connectivity index (χ0v) is 24.5. The van der Waals surface area contributed by atoms with Crippen molar-refractivity contribution in [2.75, 3.05) is 0 Å². The van der Waals surface area contributed by atoms with Crippen LogP contribution in [0.3, 0.4) is 0 Å². The third-order valence-electron chi connectivity index (χ3n) is 9.73. The zero-order chi connectivity index (χ0) is 29.5. The third-order valence-corrected chi connectivity index (χ3v) is 9.73. The van der Waals surface area contributed by atoms with Crippen LogP contribution in [0.25, 0.3) is 92.5 Å². The molecule has 45 heavy (non-hydrogen) atoms. The summed E-state index contributed by atoms with van der Waals surface area (Å²) in [6.07, 6.45) is 0. The number of hydrogen-bond acceptors (Lipinski definition) is 0. The van der Waals surface area contributed by atoms with E-state index in [4.69, 9.17) is 0 Å². The lowest BCUT2D eigenvalue weighted by Gasteiger charge is -2.17. The molecule has 0 bridgehead atoms. The van der Waals surface area contributed by atoms with Gasteiger partial charge in [-0.1, -0.05) is 140 Å². The molecule has 0 aliphatic rings. The monoisotopic (exact) mass is 569 g/mol. The van der Waals surface area contributed by atoms with Gasteiger partial charge in [-0.05, 0) is 83.7 Å². The minimum Gasteiger partial charge on any atom is -0.309 e. The van der Waals surface area contributed by atoms with Gasteiger partial charge in [0.1, 0.15) is 0 Å². The van der Waals surface area contributed by atoms with Crippen molar-refractivity contribution in [3.05, 3.63) is 164 Å². The molecule has 0 radical (unpaired) electrons. The first-order valence-electron chi connectivity index (χ1n) is 15.6. The molecule has 0 N–H and O–H groups in total. The topological polar surface area (TPSA) is 4.93 Å². The normalized spacial score (nSPS) is 12.0. The molecule has 0 spiro atoms. The Morgan fingerprint density at radius 3 is 1.44 bits per heavy atom. The highest BCUT2D eigenvalue weighted by Crippen LogP contribution is 2.45. The number of benzene rings is 9. The van der Waals surface area contributed by atoms with Crippen LogP contribution in [0.15, 0.2) is 164 Å². The van der Waals surface area contributed by atoms with E-state index in [1.165, 1.54) is 92.5 Å². The van der Waals surface area contributed by atoms with Gasteiger partial charge in [0.05, 0.1) is 11.0 Å². The van der Waals surface area contributed by atoms with E-state index in [2.05, 4.69) is 168 Å². The predicted octanol–water partition coefficient (Wildman–Crippen LogP) is 12.2. The molecule has 0 aliphatic carbocycles. The largest absolute Gasteiger partial charge is 0.309 e. The van der Waals surface area contributed by atoms with Gasteiger partial charge in [0, 0.05) is 22.0 Å². The Morgan fingerprint density at radius 1 is 0.311 bits per heavy atom. The van der Waals surface area contributed by atoms with Crippen LogP contribution in [-0.4, -0.2) is 4.57 Å². The van der Waals surface area contributed by atoms with Crippen molar-refractivity contribution in [1.82, 2.24) is 4.57 Å². The molecule has 1 nitrogen and oxygen atoms in total. The second-order valence-corrected chi connectivity index (χ2v) is 12.0. The molecule has 10 aromatic rings. The molecule has 0 fully saturated rings. The molecule has 10 rings (SSSR count). The highest BCUT2D eigenvalue weighted by atomic mass is 15.0. The lowest BCUT2D eigenvalue weighted by molar-refractivity contribution is 1.18. The zero-order valence-electron chi connectivity index (χ0n) is 24.5. The van der Waals surface area contributed by atoms with Crippen molar-refractivity contribution >= 4 is 75.7 Å². The molecule has 0 saturated carbocycles. The average Bonchev–Trinajstić information content (AvgIpc) is 3.46. The standard InChI is InChI=1S/C44H27N/c1-2-13-29(14-3-1)45-41-24-11-10-18-34(41)39-23-12-22-30(44(39)45)28-25-26-38-40(27-28)33-17-6-9-21-37(33)42-35-19-7-4-15-31(35)32-16-5-8-20-36(32)43(38)42/h1-27H. The van der Waals surface area contributed by atoms with Crippen LogP contribution in [-0.2, 0) is 0 Å². The molecule has 0 atom stereocenters. The molecule has 0 saturated heterocycles. The van der Waals surface area contributed by atoms with Crippen molar-refractivity contribution in [3.8, 4) is 16.8 Å². The van der Waals surface area contributed by atoms with Gasteiger partial charge in [-0.25, -0.2) is 0 Å². The van der Waals surface area contributed by atoms with Gasteiger partial charge in [0.25, 0.3) is 0 Å². The lowest BCUT2D eigenvalue weighted by Crippen LogP contribution is -1.95. The van der Waals surface area contributed by atoms with Gasteiger partial charge in [-0.2, -0.15) is 0 Å². The van der Waals surface area contributed by atoms with Gasteiger partial charge in [-0.15, -0.1) is 0 Å². The number of fused-ring (bicyclic) bond motifs is 14. The van der Waals surface area contributed by atoms with E-state index in [1.807, 2.05) is 0 Å². The van der Waals surface area contributed by atoms with E-state index in [9.17, 15) is 0 Å². The molecule has 0 unspecified atom stereocenters. The van der Waals surface area contributed by atoms with Gasteiger partial charge >= 0.3 is 0 Å². The fourth-order valence-corrected chi connectivity index (χ4v) is 7.89. The summed E-state index contributed by atoms with van der Waals surface area (Å²) in [6, 6.07) is 60.2. The summed E-state index contributed by atoms with van der Waals surface area (Å²) in [5, 5.41) is 15.6. The Hall–Kier alpha value is -5.92. The number of aromatic nitrogens is 1. The van der Waals surface area contributed by atoms with Crippen molar-refractivity contribution in [1.29, 1.82) is 0 Å². The van der Waals surface area contributed by atoms with E-state index in [0.717, 1.165) is 0 Å². The SMILES string of the molecule is c1ccc(-n2c3ccccc3c3cccc(-c4ccc5c(c4)c4ccccc4c4c6ccccc6c6ccccc6c54)c32)cc1. The smallest absolute Gasteiger partial charge is 0.0619 e. The Kier molecular flexibility index (Phi) is 5.06. The summed E-state index contributed by atoms with van der Waals surface area (Å²) in [5.41, 5.74) is 6.10. The Morgan fingerprint density at radius 2 is 0.800 bits per heavy atom. The highest BCUT2D eigenvalue weighted by molar-refractivity contribution is 6.39. The third kappa shape index (κ3) is 3.38. The maximum atomic E-state index is 2.43. The summed E-state index contributed by atoms with van der Waals surface area (Å²) in [6.45, 7) is 0. The first kappa shape index (κ1) is 24.5. The number of para-hydroxylation sites is 3. The average molecular weight is 570 g/mol. The Labute approximate surface area is 260 Å². The van der Waals surface area contributed by atoms with Gasteiger partial charge in [-0.3, -0.25) is 0 Å². The summed E-state index contributed by atoms with van der Waals surface area (Å²) in [5.74, 6) is 0. The molecule has 0 aliphatic heterocycles. The van der Waals surface area contributed by atoms with E-state index in [1.54, 1.807) is 0 Å². The number of rotatable bonds is 2. The quantitative estimate of drug-likeness (QED) is 0.183. The minimum absolute atomic E-state index is 1.17. The molecule has 0 amide bonds. The van der Waals surface area contributed by atoms with Crippen molar-refractivity contribution in [2.45, 2.75) is 0 Å². The van der Waals surface area contributed by atoms with Gasteiger partial charge < -0.3 is 4.57 Å². The van der Waals surface area contributed by atoms with Crippen LogP contribution >= 0.6 is 0 Å². The highest BCUT2D eigenvalue weighted by Gasteiger charge is 2.19. The second kappa shape index (κ2) is 9.29. The van der Waals surface area contributed by atoms with Gasteiger partial charge in [0.15, 0.2) is 0 Å². The maximum absolute atomic E-state index is 2.43. The fraction of sp³-hybridized carbons (Fsp3) is 0. The summed E-state index contributed by atoms with van der Waals surface area (Å²) in [4.78, 5) is 0. The molecule has 1 aromatic heterocycles.